The van der Waals surface area contributed by atoms with Crippen LogP contribution >= 0.6 is 70.6 Å². The third kappa shape index (κ3) is 8.76. The van der Waals surface area contributed by atoms with Gasteiger partial charge in [0.2, 0.25) is 0 Å². The van der Waals surface area contributed by atoms with E-state index in [-0.39, 0.29) is 0 Å². The maximum absolute atomic E-state index is 2.55. The van der Waals surface area contributed by atoms with Crippen molar-refractivity contribution in [2.45, 2.75) is 197 Å². The second-order valence-electron chi connectivity index (χ2n) is 13.5. The van der Waals surface area contributed by atoms with Gasteiger partial charge in [0, 0.05) is 0 Å². The van der Waals surface area contributed by atoms with Crippen LogP contribution in [0.3, 0.4) is 0 Å². The van der Waals surface area contributed by atoms with Crippen molar-refractivity contribution >= 4 is 70.6 Å². The van der Waals surface area contributed by atoms with Gasteiger partial charge in [0.1, 0.15) is 13.6 Å². The molecule has 4 saturated heterocycles. The highest BCUT2D eigenvalue weighted by Gasteiger charge is 2.76. The van der Waals surface area contributed by atoms with Gasteiger partial charge in [0.25, 0.3) is 0 Å². The Kier molecular flexibility index (Phi) is 17.1. The summed E-state index contributed by atoms with van der Waals surface area (Å²) < 4.78 is 1.28. The molecule has 42 heavy (non-hydrogen) atoms. The molecule has 0 spiro atoms. The first-order chi connectivity index (χ1) is 20.3. The lowest BCUT2D eigenvalue weighted by Gasteiger charge is -2.72. The van der Waals surface area contributed by atoms with Crippen LogP contribution in [0.5, 0.6) is 0 Å². The van der Waals surface area contributed by atoms with Crippen molar-refractivity contribution in [3.8, 4) is 0 Å². The Morgan fingerprint density at radius 1 is 0.286 bits per heavy atom. The Balaban J connectivity index is 2.28. The quantitative estimate of drug-likeness (QED) is 0.0980. The van der Waals surface area contributed by atoms with Crippen LogP contribution in [0, 0.1) is 23.7 Å². The van der Waals surface area contributed by atoms with Gasteiger partial charge in [-0.2, -0.15) is 0 Å². The SMILES string of the molecule is CCCCC(CCC)C12SC3(C(CCC)CCCC)SC(C(CCC)CCCC)(S1)SC(C(CCC)CCCC)(S2)S3. The third-order valence-electron chi connectivity index (χ3n) is 9.88. The highest BCUT2D eigenvalue weighted by molar-refractivity contribution is 8.64. The van der Waals surface area contributed by atoms with E-state index in [9.17, 15) is 0 Å². The summed E-state index contributed by atoms with van der Waals surface area (Å²) in [6.45, 7) is 19.6. The lowest BCUT2D eigenvalue weighted by atomic mass is 9.97. The largest absolute Gasteiger partial charge is 0.116 e. The maximum atomic E-state index is 2.55. The average molecular weight is 693 g/mol. The fraction of sp³-hybridized carbons (Fsp3) is 1.00. The standard InChI is InChI=1S/C36H68S6/c1-9-17-25-29(21-13-5)33-37-34(30(22-14-6)26-18-10-2)40-35(38-33,31(23-15-7)27-19-11-3)42-36(39-33,41-34)32(24-16-8)28-20-12-4/h29-32H,9-28H2,1-8H3. The van der Waals surface area contributed by atoms with Crippen LogP contribution in [-0.4, -0.2) is 13.6 Å². The predicted molar refractivity (Wildman–Crippen MR) is 208 cm³/mol. The molecule has 0 aromatic rings. The smallest absolute Gasteiger partial charge is 0.104 e. The maximum Gasteiger partial charge on any atom is 0.116 e. The van der Waals surface area contributed by atoms with Gasteiger partial charge in [-0.15, -0.1) is 70.6 Å². The normalized spacial score (nSPS) is 33.1. The van der Waals surface area contributed by atoms with E-state index in [1.54, 1.807) is 0 Å². The summed E-state index contributed by atoms with van der Waals surface area (Å²) in [7, 11) is 0. The summed E-state index contributed by atoms with van der Waals surface area (Å²) in [4.78, 5) is 0. The van der Waals surface area contributed by atoms with Crippen molar-refractivity contribution in [3.05, 3.63) is 0 Å². The number of rotatable bonds is 24. The highest BCUT2D eigenvalue weighted by Crippen LogP contribution is 2.94. The van der Waals surface area contributed by atoms with Crippen molar-refractivity contribution < 1.29 is 0 Å². The molecule has 4 heterocycles. The molecule has 0 saturated carbocycles. The Hall–Kier alpha value is 2.10. The van der Waals surface area contributed by atoms with Gasteiger partial charge in [-0.25, -0.2) is 0 Å². The molecule has 0 amide bonds. The topological polar surface area (TPSA) is 0 Å². The minimum absolute atomic E-state index is 0.321. The van der Waals surface area contributed by atoms with Gasteiger partial charge in [-0.1, -0.05) is 132 Å². The van der Waals surface area contributed by atoms with Crippen LogP contribution in [0.1, 0.15) is 184 Å². The summed E-state index contributed by atoms with van der Waals surface area (Å²) in [6.07, 6.45) is 27.8. The molecular formula is C36H68S6. The molecule has 4 bridgehead atoms. The number of hydrogen-bond donors (Lipinski definition) is 0. The molecule has 248 valence electrons. The van der Waals surface area contributed by atoms with Gasteiger partial charge in [0.05, 0.1) is 0 Å². The van der Waals surface area contributed by atoms with E-state index in [1.165, 1.54) is 128 Å². The van der Waals surface area contributed by atoms with Gasteiger partial charge in [-0.3, -0.25) is 0 Å². The fourth-order valence-electron chi connectivity index (χ4n) is 7.63. The molecule has 4 atom stereocenters. The van der Waals surface area contributed by atoms with E-state index in [2.05, 4.69) is 126 Å². The zero-order chi connectivity index (χ0) is 30.7. The Labute approximate surface area is 289 Å². The average Bonchev–Trinajstić information content (AvgIpc) is 2.96. The number of unbranched alkanes of at least 4 members (excludes halogenated alkanes) is 4. The van der Waals surface area contributed by atoms with E-state index in [4.69, 9.17) is 0 Å². The molecule has 4 rings (SSSR count). The van der Waals surface area contributed by atoms with Gasteiger partial charge >= 0.3 is 0 Å². The molecule has 4 unspecified atom stereocenters. The van der Waals surface area contributed by atoms with Crippen LogP contribution < -0.4 is 0 Å². The zero-order valence-corrected chi connectivity index (χ0v) is 33.8. The van der Waals surface area contributed by atoms with Crippen molar-refractivity contribution in [1.82, 2.24) is 0 Å². The van der Waals surface area contributed by atoms with Crippen molar-refractivity contribution in [3.63, 3.8) is 0 Å². The Morgan fingerprint density at radius 2 is 0.476 bits per heavy atom. The van der Waals surface area contributed by atoms with Crippen LogP contribution in [0.2, 0.25) is 0 Å². The molecule has 0 nitrogen and oxygen atoms in total. The predicted octanol–water partition coefficient (Wildman–Crippen LogP) is 15.5. The van der Waals surface area contributed by atoms with Crippen molar-refractivity contribution in [1.29, 1.82) is 0 Å². The second kappa shape index (κ2) is 18.6. The molecular weight excluding hydrogens is 625 g/mol. The summed E-state index contributed by atoms with van der Waals surface area (Å²) >= 11 is 15.3. The molecule has 0 aliphatic carbocycles. The molecule has 4 aliphatic rings. The number of hydrogen-bond acceptors (Lipinski definition) is 6. The summed E-state index contributed by atoms with van der Waals surface area (Å²) in [5.74, 6) is 3.33. The number of thioether (sulfide) groups is 6. The first-order valence-electron chi connectivity index (χ1n) is 18.5. The Bertz CT molecular complexity index is 598. The van der Waals surface area contributed by atoms with Gasteiger partial charge in [-0.05, 0) is 75.0 Å². The van der Waals surface area contributed by atoms with Crippen LogP contribution in [0.15, 0.2) is 0 Å². The molecule has 0 aromatic heterocycles. The zero-order valence-electron chi connectivity index (χ0n) is 28.9. The lowest BCUT2D eigenvalue weighted by Crippen LogP contribution is -2.61. The molecule has 0 N–H and O–H groups in total. The highest BCUT2D eigenvalue weighted by atomic mass is 32.4. The molecule has 0 aromatic carbocycles. The second-order valence-corrected chi connectivity index (χ2v) is 25.6. The van der Waals surface area contributed by atoms with Crippen LogP contribution in [0.25, 0.3) is 0 Å². The summed E-state index contributed by atoms with van der Waals surface area (Å²) in [6, 6.07) is 0. The van der Waals surface area contributed by atoms with Crippen molar-refractivity contribution in [2.24, 2.45) is 23.7 Å². The van der Waals surface area contributed by atoms with E-state index < -0.39 is 0 Å². The van der Waals surface area contributed by atoms with E-state index >= 15 is 0 Å². The molecule has 6 heteroatoms. The van der Waals surface area contributed by atoms with E-state index in [0.29, 0.717) is 13.6 Å². The minimum Gasteiger partial charge on any atom is -0.104 e. The monoisotopic (exact) mass is 692 g/mol. The van der Waals surface area contributed by atoms with Gasteiger partial charge < -0.3 is 0 Å². The fourth-order valence-corrected chi connectivity index (χ4v) is 30.1. The summed E-state index contributed by atoms with van der Waals surface area (Å²) in [5.41, 5.74) is 0. The van der Waals surface area contributed by atoms with Crippen molar-refractivity contribution in [2.75, 3.05) is 0 Å². The molecule has 4 aliphatic heterocycles. The third-order valence-corrected chi connectivity index (χ3v) is 23.3. The summed E-state index contributed by atoms with van der Waals surface area (Å²) in [5, 5.41) is 0. The van der Waals surface area contributed by atoms with Crippen LogP contribution in [-0.2, 0) is 0 Å². The molecule has 0 radical (unpaired) electrons. The first-order valence-corrected chi connectivity index (χ1v) is 23.4. The first kappa shape index (κ1) is 38.5. The van der Waals surface area contributed by atoms with E-state index in [0.717, 1.165) is 23.7 Å². The lowest BCUT2D eigenvalue weighted by molar-refractivity contribution is 0.399. The minimum atomic E-state index is 0.321. The van der Waals surface area contributed by atoms with Crippen LogP contribution in [0.4, 0.5) is 0 Å². The molecule has 4 fully saturated rings. The Morgan fingerprint density at radius 3 is 0.619 bits per heavy atom. The van der Waals surface area contributed by atoms with E-state index in [1.807, 2.05) is 0 Å². The van der Waals surface area contributed by atoms with Gasteiger partial charge in [0.15, 0.2) is 0 Å².